The van der Waals surface area contributed by atoms with Gasteiger partial charge >= 0.3 is 0 Å². The Morgan fingerprint density at radius 2 is 1.75 bits per heavy atom. The zero-order valence-electron chi connectivity index (χ0n) is 14.3. The molecule has 2 rings (SSSR count). The van der Waals surface area contributed by atoms with Crippen molar-refractivity contribution in [3.8, 4) is 11.3 Å². The zero-order valence-corrected chi connectivity index (χ0v) is 13.3. The van der Waals surface area contributed by atoms with Gasteiger partial charge in [0, 0.05) is 18.6 Å². The summed E-state index contributed by atoms with van der Waals surface area (Å²) in [7, 11) is 2.08. The first kappa shape index (κ1) is 13.4. The van der Waals surface area contributed by atoms with Crippen molar-refractivity contribution in [1.82, 2.24) is 0 Å². The summed E-state index contributed by atoms with van der Waals surface area (Å²) in [5.74, 6) is -0.480. The van der Waals surface area contributed by atoms with Gasteiger partial charge in [0.1, 0.15) is 7.05 Å². The van der Waals surface area contributed by atoms with Crippen LogP contribution in [0.4, 0.5) is 0 Å². The molecule has 2 aromatic rings. The maximum atomic E-state index is 8.70. The van der Waals surface area contributed by atoms with Crippen LogP contribution in [0.15, 0.2) is 36.5 Å². The average molecular weight is 269 g/mol. The van der Waals surface area contributed by atoms with Crippen molar-refractivity contribution in [3.63, 3.8) is 0 Å². The molecule has 1 heterocycles. The number of hydrogen-bond acceptors (Lipinski definition) is 0. The lowest BCUT2D eigenvalue weighted by atomic mass is 9.91. The molecule has 0 bridgehead atoms. The minimum atomic E-state index is -0.480. The van der Waals surface area contributed by atoms with E-state index in [1.54, 1.807) is 0 Å². The number of pyridine rings is 1. The Morgan fingerprint density at radius 1 is 1.10 bits per heavy atom. The number of rotatable bonds is 4. The van der Waals surface area contributed by atoms with E-state index in [1.165, 1.54) is 22.4 Å². The normalized spacial score (nSPS) is 12.3. The molecule has 0 aliphatic heterocycles. The Balaban J connectivity index is 2.60. The van der Waals surface area contributed by atoms with Crippen LogP contribution in [0, 0.1) is 13.8 Å². The molecule has 0 aliphatic carbocycles. The third-order valence-corrected chi connectivity index (χ3v) is 4.14. The first-order valence-electron chi connectivity index (χ1n) is 7.99. The third-order valence-electron chi connectivity index (χ3n) is 4.14. The van der Waals surface area contributed by atoms with E-state index in [2.05, 4.69) is 75.8 Å². The number of nitrogens with zero attached hydrogens (tertiary/aromatic N) is 1. The molecule has 0 saturated carbocycles. The van der Waals surface area contributed by atoms with Crippen molar-refractivity contribution in [2.75, 3.05) is 0 Å². The maximum absolute atomic E-state index is 8.70. The van der Waals surface area contributed by atoms with E-state index in [9.17, 15) is 0 Å². The van der Waals surface area contributed by atoms with Crippen LogP contribution in [0.5, 0.6) is 0 Å². The van der Waals surface area contributed by atoms with Gasteiger partial charge < -0.3 is 0 Å². The molecule has 0 saturated heterocycles. The van der Waals surface area contributed by atoms with Gasteiger partial charge in [-0.3, -0.25) is 0 Å². The van der Waals surface area contributed by atoms with E-state index < -0.39 is 5.89 Å². The second-order valence-electron chi connectivity index (χ2n) is 5.49. The maximum Gasteiger partial charge on any atom is 0.212 e. The SMILES string of the molecule is [2H]C(CC)(CC)c1c[n+](C)c(-c2ccccc2C)cc1C. The predicted octanol–water partition coefficient (Wildman–Crippen LogP) is 4.70. The molecule has 20 heavy (non-hydrogen) atoms. The van der Waals surface area contributed by atoms with Crippen molar-refractivity contribution in [2.24, 2.45) is 7.05 Å². The molecule has 0 aliphatic rings. The molecule has 1 aromatic carbocycles. The summed E-state index contributed by atoms with van der Waals surface area (Å²) in [6, 6.07) is 10.7. The van der Waals surface area contributed by atoms with Crippen molar-refractivity contribution >= 4 is 0 Å². The van der Waals surface area contributed by atoms with E-state index >= 15 is 0 Å². The monoisotopic (exact) mass is 269 g/mol. The van der Waals surface area contributed by atoms with Crippen molar-refractivity contribution in [1.29, 1.82) is 0 Å². The predicted molar refractivity (Wildman–Crippen MR) is 85.9 cm³/mol. The van der Waals surface area contributed by atoms with Crippen LogP contribution in [0.3, 0.4) is 0 Å². The Morgan fingerprint density at radius 3 is 2.35 bits per heavy atom. The van der Waals surface area contributed by atoms with Gasteiger partial charge in [-0.15, -0.1) is 0 Å². The molecular weight excluding hydrogens is 242 g/mol. The highest BCUT2D eigenvalue weighted by atomic mass is 14.9. The first-order valence-corrected chi connectivity index (χ1v) is 7.49. The topological polar surface area (TPSA) is 3.88 Å². The van der Waals surface area contributed by atoms with Gasteiger partial charge in [0.15, 0.2) is 6.20 Å². The van der Waals surface area contributed by atoms with E-state index in [1.807, 2.05) is 0 Å². The van der Waals surface area contributed by atoms with Gasteiger partial charge in [0.25, 0.3) is 0 Å². The number of aromatic nitrogens is 1. The summed E-state index contributed by atoms with van der Waals surface area (Å²) in [6.45, 7) is 8.48. The highest BCUT2D eigenvalue weighted by Gasteiger charge is 2.18. The summed E-state index contributed by atoms with van der Waals surface area (Å²) in [4.78, 5) is 0. The fourth-order valence-corrected chi connectivity index (χ4v) is 2.88. The fraction of sp³-hybridized carbons (Fsp3) is 0.421. The van der Waals surface area contributed by atoms with Crippen LogP contribution in [-0.2, 0) is 7.05 Å². The van der Waals surface area contributed by atoms with Crippen LogP contribution in [-0.4, -0.2) is 0 Å². The van der Waals surface area contributed by atoms with Crippen molar-refractivity contribution in [2.45, 2.75) is 46.4 Å². The summed E-state index contributed by atoms with van der Waals surface area (Å²) in [6.07, 6.45) is 3.83. The van der Waals surface area contributed by atoms with Crippen LogP contribution >= 0.6 is 0 Å². The van der Waals surface area contributed by atoms with E-state index in [4.69, 9.17) is 1.37 Å². The summed E-state index contributed by atoms with van der Waals surface area (Å²) in [5, 5.41) is 0. The molecule has 106 valence electrons. The van der Waals surface area contributed by atoms with Gasteiger partial charge in [-0.25, -0.2) is 4.57 Å². The second kappa shape index (κ2) is 6.21. The molecule has 0 fully saturated rings. The van der Waals surface area contributed by atoms with Crippen LogP contribution in [0.1, 0.15) is 50.6 Å². The lowest BCUT2D eigenvalue weighted by molar-refractivity contribution is -0.661. The molecule has 0 unspecified atom stereocenters. The Labute approximate surface area is 124 Å². The first-order chi connectivity index (χ1) is 9.92. The number of aryl methyl sites for hydroxylation is 3. The molecule has 0 radical (unpaired) electrons. The summed E-state index contributed by atoms with van der Waals surface area (Å²) < 4.78 is 10.9. The van der Waals surface area contributed by atoms with Crippen LogP contribution < -0.4 is 4.57 Å². The summed E-state index contributed by atoms with van der Waals surface area (Å²) >= 11 is 0. The minimum absolute atomic E-state index is 0.480. The van der Waals surface area contributed by atoms with Gasteiger partial charge in [0.2, 0.25) is 5.69 Å². The standard InChI is InChI=1S/C19H26N/c1-6-16(7-2)18-13-20(5)19(12-15(18)4)17-11-9-8-10-14(17)3/h8-13,16H,6-7H2,1-5H3/q+1/i16D. The van der Waals surface area contributed by atoms with E-state index in [0.29, 0.717) is 0 Å². The molecule has 1 aromatic heterocycles. The molecule has 0 N–H and O–H groups in total. The van der Waals surface area contributed by atoms with Crippen LogP contribution in [0.2, 0.25) is 0 Å². The van der Waals surface area contributed by atoms with E-state index in [-0.39, 0.29) is 0 Å². The largest absolute Gasteiger partial charge is 0.212 e. The Kier molecular flexibility index (Phi) is 4.15. The van der Waals surface area contributed by atoms with Crippen molar-refractivity contribution in [3.05, 3.63) is 53.2 Å². The van der Waals surface area contributed by atoms with Gasteiger partial charge in [0.05, 0.1) is 0 Å². The molecule has 0 atom stereocenters. The van der Waals surface area contributed by atoms with Gasteiger partial charge in [-0.05, 0) is 49.8 Å². The van der Waals surface area contributed by atoms with Crippen molar-refractivity contribution < 1.29 is 5.94 Å². The Bertz CT molecular complexity index is 642. The van der Waals surface area contributed by atoms with E-state index in [0.717, 1.165) is 18.4 Å². The zero-order chi connectivity index (χ0) is 15.6. The van der Waals surface area contributed by atoms with Gasteiger partial charge in [-0.2, -0.15) is 0 Å². The molecule has 0 spiro atoms. The quantitative estimate of drug-likeness (QED) is 0.708. The highest BCUT2D eigenvalue weighted by molar-refractivity contribution is 5.61. The number of benzene rings is 1. The third kappa shape index (κ3) is 2.77. The lowest BCUT2D eigenvalue weighted by Crippen LogP contribution is -2.32. The fourth-order valence-electron chi connectivity index (χ4n) is 2.88. The smallest absolute Gasteiger partial charge is 0.201 e. The molecular formula is C19H26N+. The Hall–Kier alpha value is -1.63. The van der Waals surface area contributed by atoms with Gasteiger partial charge in [-0.1, -0.05) is 32.0 Å². The lowest BCUT2D eigenvalue weighted by Gasteiger charge is -2.15. The highest BCUT2D eigenvalue weighted by Crippen LogP contribution is 2.28. The molecule has 1 heteroatoms. The molecule has 1 nitrogen and oxygen atoms in total. The molecule has 0 amide bonds. The average Bonchev–Trinajstić information content (AvgIpc) is 2.49. The van der Waals surface area contributed by atoms with Crippen LogP contribution in [0.25, 0.3) is 11.3 Å². The minimum Gasteiger partial charge on any atom is -0.201 e. The second-order valence-corrected chi connectivity index (χ2v) is 5.49. The number of hydrogen-bond donors (Lipinski definition) is 0. The summed E-state index contributed by atoms with van der Waals surface area (Å²) in [5.41, 5.74) is 6.11.